The molecule has 0 radical (unpaired) electrons. The van der Waals surface area contributed by atoms with Crippen LogP contribution in [0.2, 0.25) is 0 Å². The first kappa shape index (κ1) is 12.9. The minimum Gasteiger partial charge on any atom is -0.481 e. The highest BCUT2D eigenvalue weighted by Crippen LogP contribution is 2.30. The Morgan fingerprint density at radius 2 is 1.95 bits per heavy atom. The van der Waals surface area contributed by atoms with Crippen LogP contribution in [-0.4, -0.2) is 44.5 Å². The van der Waals surface area contributed by atoms with Crippen molar-refractivity contribution in [3.63, 3.8) is 0 Å². The Morgan fingerprint density at radius 3 is 2.58 bits per heavy atom. The number of ether oxygens (including phenoxy) is 4. The van der Waals surface area contributed by atoms with Crippen LogP contribution in [0, 0.1) is 0 Å². The van der Waals surface area contributed by atoms with Gasteiger partial charge in [0, 0.05) is 6.54 Å². The summed E-state index contributed by atoms with van der Waals surface area (Å²) in [6.07, 6.45) is -0.566. The van der Waals surface area contributed by atoms with E-state index in [0.717, 1.165) is 12.3 Å². The third kappa shape index (κ3) is 2.74. The predicted octanol–water partition coefficient (Wildman–Crippen LogP) is 1.14. The van der Waals surface area contributed by atoms with Gasteiger partial charge in [0.2, 0.25) is 5.79 Å². The SMILES string of the molecule is CC1(C(Oc2ccccc2)C2NCCO2)OCCO1. The van der Waals surface area contributed by atoms with Crippen molar-refractivity contribution in [1.82, 2.24) is 5.32 Å². The van der Waals surface area contributed by atoms with E-state index in [0.29, 0.717) is 19.8 Å². The lowest BCUT2D eigenvalue weighted by Crippen LogP contribution is -2.55. The molecule has 5 nitrogen and oxygen atoms in total. The maximum Gasteiger partial charge on any atom is 0.207 e. The van der Waals surface area contributed by atoms with Crippen molar-refractivity contribution < 1.29 is 18.9 Å². The summed E-state index contributed by atoms with van der Waals surface area (Å²) < 4.78 is 23.2. The summed E-state index contributed by atoms with van der Waals surface area (Å²) in [4.78, 5) is 0. The number of benzene rings is 1. The molecular weight excluding hydrogens is 246 g/mol. The van der Waals surface area contributed by atoms with Gasteiger partial charge in [0.1, 0.15) is 5.75 Å². The largest absolute Gasteiger partial charge is 0.481 e. The van der Waals surface area contributed by atoms with Crippen LogP contribution in [0.4, 0.5) is 0 Å². The molecule has 104 valence electrons. The number of hydrogen-bond acceptors (Lipinski definition) is 5. The number of hydrogen-bond donors (Lipinski definition) is 1. The van der Waals surface area contributed by atoms with Crippen LogP contribution in [-0.2, 0) is 14.2 Å². The molecule has 0 aromatic heterocycles. The standard InChI is InChI=1S/C14H19NO4/c1-14(17-9-10-18-14)12(13-15-7-8-16-13)19-11-5-3-2-4-6-11/h2-6,12-13,15H,7-10H2,1H3. The van der Waals surface area contributed by atoms with Crippen molar-refractivity contribution in [3.05, 3.63) is 30.3 Å². The maximum absolute atomic E-state index is 6.05. The van der Waals surface area contributed by atoms with Gasteiger partial charge in [-0.05, 0) is 19.1 Å². The molecule has 2 fully saturated rings. The molecule has 1 N–H and O–H groups in total. The van der Waals surface area contributed by atoms with Gasteiger partial charge in [0.15, 0.2) is 12.3 Å². The van der Waals surface area contributed by atoms with Crippen LogP contribution < -0.4 is 10.1 Å². The molecule has 0 amide bonds. The first-order valence-corrected chi connectivity index (χ1v) is 6.62. The van der Waals surface area contributed by atoms with Crippen molar-refractivity contribution in [2.45, 2.75) is 25.0 Å². The lowest BCUT2D eigenvalue weighted by Gasteiger charge is -2.35. The van der Waals surface area contributed by atoms with Gasteiger partial charge in [-0.1, -0.05) is 18.2 Å². The minimum absolute atomic E-state index is 0.219. The topological polar surface area (TPSA) is 49.0 Å². The Kier molecular flexibility index (Phi) is 3.70. The fraction of sp³-hybridized carbons (Fsp3) is 0.571. The van der Waals surface area contributed by atoms with Gasteiger partial charge in [0.25, 0.3) is 0 Å². The second-order valence-electron chi connectivity index (χ2n) is 4.81. The highest BCUT2D eigenvalue weighted by atomic mass is 16.8. The van der Waals surface area contributed by atoms with Gasteiger partial charge in [0.05, 0.1) is 19.8 Å². The molecule has 1 aromatic rings. The molecule has 0 aliphatic carbocycles. The van der Waals surface area contributed by atoms with Crippen molar-refractivity contribution in [2.75, 3.05) is 26.4 Å². The maximum atomic E-state index is 6.05. The molecule has 2 heterocycles. The molecular formula is C14H19NO4. The van der Waals surface area contributed by atoms with E-state index in [9.17, 15) is 0 Å². The van der Waals surface area contributed by atoms with E-state index in [4.69, 9.17) is 18.9 Å². The molecule has 2 atom stereocenters. The molecule has 5 heteroatoms. The second kappa shape index (κ2) is 5.46. The van der Waals surface area contributed by atoms with Crippen molar-refractivity contribution in [2.24, 2.45) is 0 Å². The van der Waals surface area contributed by atoms with E-state index in [1.807, 2.05) is 37.3 Å². The highest BCUT2D eigenvalue weighted by molar-refractivity contribution is 5.21. The van der Waals surface area contributed by atoms with Gasteiger partial charge in [-0.15, -0.1) is 0 Å². The quantitative estimate of drug-likeness (QED) is 0.884. The smallest absolute Gasteiger partial charge is 0.207 e. The summed E-state index contributed by atoms with van der Waals surface area (Å²) in [5.41, 5.74) is 0. The van der Waals surface area contributed by atoms with Crippen LogP contribution in [0.5, 0.6) is 5.75 Å². The Hall–Kier alpha value is -1.14. The first-order valence-electron chi connectivity index (χ1n) is 6.62. The lowest BCUT2D eigenvalue weighted by molar-refractivity contribution is -0.225. The zero-order valence-electron chi connectivity index (χ0n) is 11.0. The monoisotopic (exact) mass is 265 g/mol. The van der Waals surface area contributed by atoms with Crippen LogP contribution in [0.15, 0.2) is 30.3 Å². The summed E-state index contributed by atoms with van der Waals surface area (Å²) in [6.45, 7) is 4.55. The zero-order valence-corrected chi connectivity index (χ0v) is 11.0. The molecule has 2 aliphatic heterocycles. The Morgan fingerprint density at radius 1 is 1.21 bits per heavy atom. The molecule has 3 rings (SSSR count). The van der Waals surface area contributed by atoms with Gasteiger partial charge < -0.3 is 18.9 Å². The summed E-state index contributed by atoms with van der Waals surface area (Å²) in [6, 6.07) is 9.67. The predicted molar refractivity (Wildman–Crippen MR) is 68.9 cm³/mol. The van der Waals surface area contributed by atoms with Crippen molar-refractivity contribution in [1.29, 1.82) is 0 Å². The Labute approximate surface area is 112 Å². The van der Waals surface area contributed by atoms with E-state index in [2.05, 4.69) is 5.32 Å². The normalized spacial score (nSPS) is 27.3. The van der Waals surface area contributed by atoms with Crippen LogP contribution in [0.1, 0.15) is 6.92 Å². The Balaban J connectivity index is 1.79. The van der Waals surface area contributed by atoms with E-state index in [-0.39, 0.29) is 12.3 Å². The van der Waals surface area contributed by atoms with E-state index in [1.54, 1.807) is 0 Å². The summed E-state index contributed by atoms with van der Waals surface area (Å²) in [5, 5.41) is 3.27. The Bertz CT molecular complexity index is 399. The molecule has 0 spiro atoms. The first-order chi connectivity index (χ1) is 9.28. The molecule has 2 saturated heterocycles. The average molecular weight is 265 g/mol. The van der Waals surface area contributed by atoms with Gasteiger partial charge in [-0.3, -0.25) is 5.32 Å². The molecule has 1 aromatic carbocycles. The van der Waals surface area contributed by atoms with Crippen molar-refractivity contribution in [3.8, 4) is 5.75 Å². The van der Waals surface area contributed by atoms with Gasteiger partial charge >= 0.3 is 0 Å². The van der Waals surface area contributed by atoms with E-state index in [1.165, 1.54) is 0 Å². The number of para-hydroxylation sites is 1. The average Bonchev–Trinajstić information content (AvgIpc) is 3.09. The number of nitrogens with one attached hydrogen (secondary N) is 1. The van der Waals surface area contributed by atoms with Crippen LogP contribution >= 0.6 is 0 Å². The molecule has 0 bridgehead atoms. The highest BCUT2D eigenvalue weighted by Gasteiger charge is 2.47. The minimum atomic E-state index is -0.780. The molecule has 19 heavy (non-hydrogen) atoms. The van der Waals surface area contributed by atoms with Gasteiger partial charge in [-0.2, -0.15) is 0 Å². The molecule has 2 aliphatic rings. The lowest BCUT2D eigenvalue weighted by atomic mass is 10.1. The fourth-order valence-electron chi connectivity index (χ4n) is 2.42. The van der Waals surface area contributed by atoms with E-state index >= 15 is 0 Å². The third-order valence-electron chi connectivity index (χ3n) is 3.40. The molecule has 2 unspecified atom stereocenters. The van der Waals surface area contributed by atoms with Gasteiger partial charge in [-0.25, -0.2) is 0 Å². The molecule has 0 saturated carbocycles. The summed E-state index contributed by atoms with van der Waals surface area (Å²) >= 11 is 0. The number of rotatable bonds is 4. The van der Waals surface area contributed by atoms with Crippen LogP contribution in [0.3, 0.4) is 0 Å². The summed E-state index contributed by atoms with van der Waals surface area (Å²) in [7, 11) is 0. The van der Waals surface area contributed by atoms with Crippen molar-refractivity contribution >= 4 is 0 Å². The fourth-order valence-corrected chi connectivity index (χ4v) is 2.42. The summed E-state index contributed by atoms with van der Waals surface area (Å²) in [5.74, 6) is 0.00261. The third-order valence-corrected chi connectivity index (χ3v) is 3.40. The van der Waals surface area contributed by atoms with E-state index < -0.39 is 5.79 Å². The second-order valence-corrected chi connectivity index (χ2v) is 4.81. The zero-order chi connectivity index (χ0) is 13.1. The van der Waals surface area contributed by atoms with Crippen LogP contribution in [0.25, 0.3) is 0 Å².